The molecule has 0 bridgehead atoms. The van der Waals surface area contributed by atoms with Crippen LogP contribution in [0.5, 0.6) is 5.75 Å². The summed E-state index contributed by atoms with van der Waals surface area (Å²) in [5.41, 5.74) is 1.11. The van der Waals surface area contributed by atoms with Crippen molar-refractivity contribution in [2.45, 2.75) is 38.3 Å². The highest BCUT2D eigenvalue weighted by Gasteiger charge is 2.27. The first-order chi connectivity index (χ1) is 12.1. The number of carbonyl (C=O) groups excluding carboxylic acids is 1. The second-order valence-corrected chi connectivity index (χ2v) is 7.09. The summed E-state index contributed by atoms with van der Waals surface area (Å²) in [6.07, 6.45) is 2.97. The molecule has 0 aromatic heterocycles. The minimum Gasteiger partial charge on any atom is -0.508 e. The van der Waals surface area contributed by atoms with Gasteiger partial charge in [-0.15, -0.1) is 0 Å². The summed E-state index contributed by atoms with van der Waals surface area (Å²) in [5, 5.41) is 12.4. The molecule has 2 aliphatic heterocycles. The number of nitrogens with one attached hydrogen (secondary N) is 1. The van der Waals surface area contributed by atoms with Crippen molar-refractivity contribution >= 4 is 6.03 Å². The third-order valence-corrected chi connectivity index (χ3v) is 5.16. The molecule has 138 valence electrons. The molecule has 2 fully saturated rings. The molecule has 2 aliphatic rings. The lowest BCUT2D eigenvalue weighted by Gasteiger charge is -2.40. The number of phenols is 1. The summed E-state index contributed by atoms with van der Waals surface area (Å²) in [5.74, 6) is 0.267. The van der Waals surface area contributed by atoms with Gasteiger partial charge in [0, 0.05) is 51.5 Å². The first kappa shape index (κ1) is 18.0. The summed E-state index contributed by atoms with van der Waals surface area (Å²) >= 11 is 0. The highest BCUT2D eigenvalue weighted by atomic mass is 16.5. The number of urea groups is 1. The number of hydrogen-bond donors (Lipinski definition) is 2. The Hall–Kier alpha value is -1.79. The largest absolute Gasteiger partial charge is 0.508 e. The normalized spacial score (nSPS) is 21.1. The number of hydrogen-bond acceptors (Lipinski definition) is 4. The van der Waals surface area contributed by atoms with E-state index in [1.807, 2.05) is 24.0 Å². The average molecular weight is 347 g/mol. The van der Waals surface area contributed by atoms with Gasteiger partial charge in [-0.3, -0.25) is 4.90 Å². The van der Waals surface area contributed by atoms with Crippen LogP contribution in [0.2, 0.25) is 0 Å². The Bertz CT molecular complexity index is 550. The molecule has 0 aliphatic carbocycles. The fraction of sp³-hybridized carbons (Fsp3) is 0.632. The highest BCUT2D eigenvalue weighted by molar-refractivity contribution is 5.74. The van der Waals surface area contributed by atoms with Crippen LogP contribution in [0.1, 0.15) is 25.3 Å². The molecule has 2 saturated heterocycles. The standard InChI is InChI=1S/C19H29N3O3/c1-15(14-16-2-4-18(23)5-3-16)20-19(24)22-10-8-21(9-11-22)17-6-12-25-13-7-17/h2-5,15,17,23H,6-14H2,1H3,(H,20,24). The fourth-order valence-corrected chi connectivity index (χ4v) is 3.68. The SMILES string of the molecule is CC(Cc1ccc(O)cc1)NC(=O)N1CCN(C2CCOCC2)CC1. The maximum atomic E-state index is 12.5. The van der Waals surface area contributed by atoms with Gasteiger partial charge in [0.1, 0.15) is 5.75 Å². The first-order valence-corrected chi connectivity index (χ1v) is 9.27. The van der Waals surface area contributed by atoms with Crippen LogP contribution in [0.4, 0.5) is 4.79 Å². The van der Waals surface area contributed by atoms with Crippen LogP contribution in [-0.2, 0) is 11.2 Å². The molecule has 2 N–H and O–H groups in total. The summed E-state index contributed by atoms with van der Waals surface area (Å²) in [6, 6.07) is 7.85. The van der Waals surface area contributed by atoms with Crippen LogP contribution >= 0.6 is 0 Å². The maximum Gasteiger partial charge on any atom is 0.317 e. The smallest absolute Gasteiger partial charge is 0.317 e. The molecular formula is C19H29N3O3. The number of ether oxygens (including phenoxy) is 1. The molecule has 6 heteroatoms. The van der Waals surface area contributed by atoms with E-state index in [1.54, 1.807) is 12.1 Å². The Morgan fingerprint density at radius 3 is 2.48 bits per heavy atom. The Balaban J connectivity index is 1.41. The molecular weight excluding hydrogens is 318 g/mol. The van der Waals surface area contributed by atoms with Crippen molar-refractivity contribution in [2.75, 3.05) is 39.4 Å². The van der Waals surface area contributed by atoms with E-state index in [2.05, 4.69) is 10.2 Å². The van der Waals surface area contributed by atoms with E-state index in [9.17, 15) is 9.90 Å². The number of piperazine rings is 1. The van der Waals surface area contributed by atoms with Crippen LogP contribution in [0.25, 0.3) is 0 Å². The van der Waals surface area contributed by atoms with Crippen molar-refractivity contribution in [3.63, 3.8) is 0 Å². The Kier molecular flexibility index (Phi) is 6.15. The summed E-state index contributed by atoms with van der Waals surface area (Å²) in [4.78, 5) is 16.9. The molecule has 2 amide bonds. The summed E-state index contributed by atoms with van der Waals surface area (Å²) in [6.45, 7) is 7.21. The van der Waals surface area contributed by atoms with E-state index in [4.69, 9.17) is 4.74 Å². The van der Waals surface area contributed by atoms with Crippen LogP contribution < -0.4 is 5.32 Å². The second kappa shape index (κ2) is 8.54. The molecule has 0 saturated carbocycles. The zero-order chi connectivity index (χ0) is 17.6. The van der Waals surface area contributed by atoms with Gasteiger partial charge in [-0.25, -0.2) is 4.79 Å². The predicted molar refractivity (Wildman–Crippen MR) is 96.8 cm³/mol. The van der Waals surface area contributed by atoms with Gasteiger partial charge in [-0.2, -0.15) is 0 Å². The highest BCUT2D eigenvalue weighted by Crippen LogP contribution is 2.17. The van der Waals surface area contributed by atoms with Crippen molar-refractivity contribution < 1.29 is 14.6 Å². The molecule has 6 nitrogen and oxygen atoms in total. The lowest BCUT2D eigenvalue weighted by Crippen LogP contribution is -2.56. The number of amides is 2. The number of nitrogens with zero attached hydrogens (tertiary/aromatic N) is 2. The van der Waals surface area contributed by atoms with Crippen LogP contribution in [0.3, 0.4) is 0 Å². The number of rotatable bonds is 4. The second-order valence-electron chi connectivity index (χ2n) is 7.09. The van der Waals surface area contributed by atoms with Gasteiger partial charge in [-0.05, 0) is 43.9 Å². The van der Waals surface area contributed by atoms with E-state index in [0.29, 0.717) is 6.04 Å². The quantitative estimate of drug-likeness (QED) is 0.872. The molecule has 1 atom stereocenters. The number of phenolic OH excluding ortho intramolecular Hbond substituents is 1. The Morgan fingerprint density at radius 2 is 1.84 bits per heavy atom. The first-order valence-electron chi connectivity index (χ1n) is 9.27. The molecule has 25 heavy (non-hydrogen) atoms. The molecule has 3 rings (SSSR count). The number of aromatic hydroxyl groups is 1. The zero-order valence-electron chi connectivity index (χ0n) is 15.0. The van der Waals surface area contributed by atoms with E-state index in [1.165, 1.54) is 0 Å². The van der Waals surface area contributed by atoms with Gasteiger partial charge in [0.2, 0.25) is 0 Å². The Morgan fingerprint density at radius 1 is 1.20 bits per heavy atom. The molecule has 0 spiro atoms. The van der Waals surface area contributed by atoms with Crippen LogP contribution in [0.15, 0.2) is 24.3 Å². The van der Waals surface area contributed by atoms with Gasteiger partial charge in [0.05, 0.1) is 0 Å². The van der Waals surface area contributed by atoms with E-state index < -0.39 is 0 Å². The summed E-state index contributed by atoms with van der Waals surface area (Å²) in [7, 11) is 0. The van der Waals surface area contributed by atoms with Crippen molar-refractivity contribution in [1.29, 1.82) is 0 Å². The van der Waals surface area contributed by atoms with E-state index in [-0.39, 0.29) is 17.8 Å². The van der Waals surface area contributed by atoms with Crippen LogP contribution in [-0.4, -0.2) is 72.4 Å². The number of benzene rings is 1. The predicted octanol–water partition coefficient (Wildman–Crippen LogP) is 1.83. The van der Waals surface area contributed by atoms with Crippen molar-refractivity contribution in [3.05, 3.63) is 29.8 Å². The van der Waals surface area contributed by atoms with E-state index in [0.717, 1.165) is 64.2 Å². The lowest BCUT2D eigenvalue weighted by atomic mass is 10.1. The van der Waals surface area contributed by atoms with Gasteiger partial charge in [0.25, 0.3) is 0 Å². The van der Waals surface area contributed by atoms with E-state index >= 15 is 0 Å². The summed E-state index contributed by atoms with van der Waals surface area (Å²) < 4.78 is 5.43. The molecule has 2 heterocycles. The molecule has 1 aromatic carbocycles. The monoisotopic (exact) mass is 347 g/mol. The van der Waals surface area contributed by atoms with Gasteiger partial charge in [-0.1, -0.05) is 12.1 Å². The van der Waals surface area contributed by atoms with Crippen molar-refractivity contribution in [2.24, 2.45) is 0 Å². The van der Waals surface area contributed by atoms with Crippen molar-refractivity contribution in [3.8, 4) is 5.75 Å². The fourth-order valence-electron chi connectivity index (χ4n) is 3.68. The minimum atomic E-state index is 0.0258. The lowest BCUT2D eigenvalue weighted by molar-refractivity contribution is 0.0186. The number of carbonyl (C=O) groups is 1. The third kappa shape index (κ3) is 5.09. The topological polar surface area (TPSA) is 65.0 Å². The van der Waals surface area contributed by atoms with Gasteiger partial charge < -0.3 is 20.1 Å². The Labute approximate surface area is 149 Å². The third-order valence-electron chi connectivity index (χ3n) is 5.16. The zero-order valence-corrected chi connectivity index (χ0v) is 15.0. The van der Waals surface area contributed by atoms with Gasteiger partial charge in [0.15, 0.2) is 0 Å². The molecule has 1 aromatic rings. The van der Waals surface area contributed by atoms with Gasteiger partial charge >= 0.3 is 6.03 Å². The van der Waals surface area contributed by atoms with Crippen LogP contribution in [0, 0.1) is 0 Å². The maximum absolute atomic E-state index is 12.5. The minimum absolute atomic E-state index is 0.0258. The molecule has 0 radical (unpaired) electrons. The average Bonchev–Trinajstić information content (AvgIpc) is 2.64. The molecule has 1 unspecified atom stereocenters. The van der Waals surface area contributed by atoms with Crippen molar-refractivity contribution in [1.82, 2.24) is 15.1 Å².